The minimum absolute atomic E-state index is 0.996. The summed E-state index contributed by atoms with van der Waals surface area (Å²) in [4.78, 5) is 0. The van der Waals surface area contributed by atoms with E-state index in [2.05, 4.69) is 37.0 Å². The van der Waals surface area contributed by atoms with Gasteiger partial charge >= 0.3 is 0 Å². The molecule has 0 spiro atoms. The summed E-state index contributed by atoms with van der Waals surface area (Å²) in [5.41, 5.74) is 6.23. The Kier molecular flexibility index (Phi) is 15.1. The van der Waals surface area contributed by atoms with Crippen LogP contribution < -0.4 is 0 Å². The van der Waals surface area contributed by atoms with E-state index in [1.54, 1.807) is 0 Å². The molecule has 0 N–H and O–H groups in total. The molecule has 0 aliphatic rings. The van der Waals surface area contributed by atoms with Gasteiger partial charge in [-0.1, -0.05) is 75.5 Å². The van der Waals surface area contributed by atoms with Crippen molar-refractivity contribution in [1.82, 2.24) is 0 Å². The third-order valence-electron chi connectivity index (χ3n) is 2.58. The monoisotopic (exact) mass is 249 g/mol. The van der Waals surface area contributed by atoms with Gasteiger partial charge < -0.3 is 0 Å². The molecule has 0 aromatic carbocycles. The van der Waals surface area contributed by atoms with Gasteiger partial charge in [0.2, 0.25) is 0 Å². The van der Waals surface area contributed by atoms with Crippen LogP contribution in [0.5, 0.6) is 0 Å². The molecule has 1 heteroatoms. The predicted molar refractivity (Wildman–Crippen MR) is 80.0 cm³/mol. The zero-order valence-electron chi connectivity index (χ0n) is 11.5. The fourth-order valence-corrected chi connectivity index (χ4v) is 1.94. The lowest BCUT2D eigenvalue weighted by Crippen LogP contribution is -1.73. The molecule has 0 fully saturated rings. The van der Waals surface area contributed by atoms with E-state index in [-0.39, 0.29) is 0 Å². The van der Waals surface area contributed by atoms with Gasteiger partial charge in [0.1, 0.15) is 0 Å². The molecule has 17 heavy (non-hydrogen) atoms. The minimum Gasteiger partial charge on any atom is -0.0972 e. The first kappa shape index (κ1) is 16.6. The Morgan fingerprint density at radius 2 is 1.12 bits per heavy atom. The molecule has 0 atom stereocenters. The van der Waals surface area contributed by atoms with Gasteiger partial charge in [-0.2, -0.15) is 0 Å². The maximum Gasteiger partial charge on any atom is 0.0995 e. The SMILES string of the molecule is CCCCCCC#C[P]C#CCCCCCC. The van der Waals surface area contributed by atoms with Crippen LogP contribution in [0.25, 0.3) is 0 Å². The Morgan fingerprint density at radius 1 is 0.647 bits per heavy atom. The van der Waals surface area contributed by atoms with Gasteiger partial charge in [-0.25, -0.2) is 0 Å². The average Bonchev–Trinajstić information content (AvgIpc) is 2.35. The van der Waals surface area contributed by atoms with E-state index in [1.807, 2.05) is 0 Å². The smallest absolute Gasteiger partial charge is 0.0972 e. The van der Waals surface area contributed by atoms with E-state index >= 15 is 0 Å². The summed E-state index contributed by atoms with van der Waals surface area (Å²) in [6.45, 7) is 4.47. The molecule has 95 valence electrons. The minimum atomic E-state index is 0.996. The molecule has 0 saturated carbocycles. The second kappa shape index (κ2) is 15.6. The van der Waals surface area contributed by atoms with Crippen molar-refractivity contribution in [2.75, 3.05) is 0 Å². The van der Waals surface area contributed by atoms with Gasteiger partial charge in [0.15, 0.2) is 0 Å². The van der Waals surface area contributed by atoms with Gasteiger partial charge in [-0.3, -0.25) is 0 Å². The quantitative estimate of drug-likeness (QED) is 0.290. The lowest BCUT2D eigenvalue weighted by atomic mass is 10.2. The van der Waals surface area contributed by atoms with E-state index in [9.17, 15) is 0 Å². The molecule has 0 heterocycles. The van der Waals surface area contributed by atoms with E-state index in [0.29, 0.717) is 0 Å². The van der Waals surface area contributed by atoms with Gasteiger partial charge in [0, 0.05) is 12.8 Å². The van der Waals surface area contributed by atoms with Crippen LogP contribution in [0.15, 0.2) is 0 Å². The molecular formula is C16H26P. The van der Waals surface area contributed by atoms with Crippen molar-refractivity contribution in [2.45, 2.75) is 78.1 Å². The molecule has 0 amide bonds. The van der Waals surface area contributed by atoms with Crippen LogP contribution in [-0.2, 0) is 0 Å². The molecular weight excluding hydrogens is 223 g/mol. The molecule has 0 rings (SSSR count). The molecule has 0 unspecified atom stereocenters. The van der Waals surface area contributed by atoms with Crippen molar-refractivity contribution >= 4 is 8.58 Å². The standard InChI is InChI=1S/C16H26P/c1-3-5-7-9-11-13-15-17-16-14-12-10-8-6-4-2/h3-12H2,1-2H3. The van der Waals surface area contributed by atoms with Crippen LogP contribution >= 0.6 is 8.58 Å². The van der Waals surface area contributed by atoms with Crippen LogP contribution in [-0.4, -0.2) is 0 Å². The lowest BCUT2D eigenvalue weighted by Gasteiger charge is -1.91. The maximum absolute atomic E-state index is 3.19. The van der Waals surface area contributed by atoms with Gasteiger partial charge in [-0.05, 0) is 12.8 Å². The van der Waals surface area contributed by atoms with Crippen LogP contribution in [0.3, 0.4) is 0 Å². The van der Waals surface area contributed by atoms with Crippen molar-refractivity contribution in [3.8, 4) is 23.2 Å². The molecule has 0 aliphatic carbocycles. The first-order valence-corrected chi connectivity index (χ1v) is 7.96. The highest BCUT2D eigenvalue weighted by atomic mass is 31.1. The Hall–Kier alpha value is -0.450. The zero-order chi connectivity index (χ0) is 12.6. The predicted octanol–water partition coefficient (Wildman–Crippen LogP) is 5.80. The Bertz CT molecular complexity index is 231. The number of hydrogen-bond acceptors (Lipinski definition) is 0. The highest BCUT2D eigenvalue weighted by Crippen LogP contribution is 2.06. The molecule has 0 aliphatic heterocycles. The highest BCUT2D eigenvalue weighted by molar-refractivity contribution is 7.49. The van der Waals surface area contributed by atoms with E-state index in [1.165, 1.54) is 51.4 Å². The summed E-state index contributed by atoms with van der Waals surface area (Å²) in [6, 6.07) is 0. The molecule has 0 aromatic rings. The normalized spacial score (nSPS) is 9.06. The third kappa shape index (κ3) is 15.5. The van der Waals surface area contributed by atoms with Gasteiger partial charge in [0.25, 0.3) is 0 Å². The highest BCUT2D eigenvalue weighted by Gasteiger charge is 1.84. The van der Waals surface area contributed by atoms with Crippen molar-refractivity contribution in [3.63, 3.8) is 0 Å². The second-order valence-corrected chi connectivity index (χ2v) is 4.98. The van der Waals surface area contributed by atoms with Crippen LogP contribution in [0.4, 0.5) is 0 Å². The summed E-state index contributed by atoms with van der Waals surface area (Å²) >= 11 is 0. The molecule has 1 radical (unpaired) electrons. The summed E-state index contributed by atoms with van der Waals surface area (Å²) in [6.07, 6.45) is 12.5. The molecule has 0 bridgehead atoms. The Labute approximate surface area is 110 Å². The zero-order valence-corrected chi connectivity index (χ0v) is 12.4. The van der Waals surface area contributed by atoms with Crippen molar-refractivity contribution in [2.24, 2.45) is 0 Å². The summed E-state index contributed by atoms with van der Waals surface area (Å²) in [7, 11) is 0.996. The van der Waals surface area contributed by atoms with E-state index < -0.39 is 0 Å². The largest absolute Gasteiger partial charge is 0.0995 e. The van der Waals surface area contributed by atoms with Crippen molar-refractivity contribution in [1.29, 1.82) is 0 Å². The molecule has 0 saturated heterocycles. The third-order valence-corrected chi connectivity index (χ3v) is 3.12. The number of unbranched alkanes of at least 4 members (excludes halogenated alkanes) is 8. The summed E-state index contributed by atoms with van der Waals surface area (Å²) in [5.74, 6) is 6.38. The fraction of sp³-hybridized carbons (Fsp3) is 0.750. The summed E-state index contributed by atoms with van der Waals surface area (Å²) in [5, 5.41) is 0. The number of hydrogen-bond donors (Lipinski definition) is 0. The Balaban J connectivity index is 3.25. The fourth-order valence-electron chi connectivity index (χ4n) is 1.50. The van der Waals surface area contributed by atoms with Crippen molar-refractivity contribution < 1.29 is 0 Å². The van der Waals surface area contributed by atoms with Crippen LogP contribution in [0.2, 0.25) is 0 Å². The molecule has 0 nitrogen and oxygen atoms in total. The first-order chi connectivity index (χ1) is 8.41. The molecule has 0 aromatic heterocycles. The lowest BCUT2D eigenvalue weighted by molar-refractivity contribution is 0.680. The van der Waals surface area contributed by atoms with Crippen LogP contribution in [0, 0.1) is 23.2 Å². The van der Waals surface area contributed by atoms with E-state index in [0.717, 1.165) is 21.4 Å². The topological polar surface area (TPSA) is 0 Å². The maximum atomic E-state index is 3.19. The van der Waals surface area contributed by atoms with Crippen molar-refractivity contribution in [3.05, 3.63) is 0 Å². The number of rotatable bonds is 8. The first-order valence-electron chi connectivity index (χ1n) is 7.07. The average molecular weight is 249 g/mol. The van der Waals surface area contributed by atoms with Gasteiger partial charge in [0.05, 0.1) is 8.58 Å². The summed E-state index contributed by atoms with van der Waals surface area (Å²) < 4.78 is 0. The van der Waals surface area contributed by atoms with Crippen LogP contribution in [0.1, 0.15) is 78.1 Å². The van der Waals surface area contributed by atoms with Gasteiger partial charge in [-0.15, -0.1) is 0 Å². The van der Waals surface area contributed by atoms with E-state index in [4.69, 9.17) is 0 Å². The second-order valence-electron chi connectivity index (χ2n) is 4.31. The Morgan fingerprint density at radius 3 is 1.53 bits per heavy atom.